The minimum Gasteiger partial charge on any atom is -0.434 e. The second kappa shape index (κ2) is 7.13. The molecule has 1 amide bonds. The molecule has 0 N–H and O–H groups in total. The molecule has 0 bridgehead atoms. The van der Waals surface area contributed by atoms with Gasteiger partial charge in [0, 0.05) is 18.3 Å². The molecule has 3 nitrogen and oxygen atoms in total. The number of alkyl halides is 2. The predicted molar refractivity (Wildman–Crippen MR) is 76.8 cm³/mol. The number of ether oxygens (including phenoxy) is 1. The van der Waals surface area contributed by atoms with Gasteiger partial charge in [0.15, 0.2) is 11.6 Å². The molecular weight excluding hydrogens is 314 g/mol. The van der Waals surface area contributed by atoms with Gasteiger partial charge in [0.25, 0.3) is 5.91 Å². The van der Waals surface area contributed by atoms with E-state index in [1.807, 2.05) is 0 Å². The summed E-state index contributed by atoms with van der Waals surface area (Å²) >= 11 is 0. The third kappa shape index (κ3) is 3.80. The number of nitrogens with zero attached hydrogens (tertiary/aromatic N) is 1. The second-order valence-corrected chi connectivity index (χ2v) is 4.52. The molecule has 0 aromatic heterocycles. The molecule has 0 aliphatic carbocycles. The van der Waals surface area contributed by atoms with Gasteiger partial charge in [-0.1, -0.05) is 12.1 Å². The van der Waals surface area contributed by atoms with Crippen LogP contribution in [0.1, 0.15) is 17.3 Å². The Kier molecular flexibility index (Phi) is 5.20. The summed E-state index contributed by atoms with van der Waals surface area (Å²) in [6, 6.07) is 8.49. The summed E-state index contributed by atoms with van der Waals surface area (Å²) in [5, 5.41) is 0. The number of halogens is 4. The van der Waals surface area contributed by atoms with Crippen LogP contribution in [-0.4, -0.2) is 19.1 Å². The van der Waals surface area contributed by atoms with Crippen molar-refractivity contribution in [3.8, 4) is 5.75 Å². The van der Waals surface area contributed by atoms with E-state index in [0.717, 1.165) is 17.0 Å². The van der Waals surface area contributed by atoms with Crippen LogP contribution in [-0.2, 0) is 0 Å². The number of hydrogen-bond acceptors (Lipinski definition) is 2. The van der Waals surface area contributed by atoms with Crippen LogP contribution in [0.4, 0.5) is 23.2 Å². The van der Waals surface area contributed by atoms with Crippen molar-refractivity contribution < 1.29 is 27.1 Å². The molecule has 0 unspecified atom stereocenters. The lowest BCUT2D eigenvalue weighted by Crippen LogP contribution is -2.31. The van der Waals surface area contributed by atoms with Gasteiger partial charge < -0.3 is 9.64 Å². The molecule has 0 saturated heterocycles. The van der Waals surface area contributed by atoms with Gasteiger partial charge >= 0.3 is 6.61 Å². The van der Waals surface area contributed by atoms with Gasteiger partial charge in [-0.25, -0.2) is 8.78 Å². The lowest BCUT2D eigenvalue weighted by molar-refractivity contribution is -0.0501. The van der Waals surface area contributed by atoms with Crippen molar-refractivity contribution in [1.82, 2.24) is 0 Å². The maximum atomic E-state index is 13.4. The first-order chi connectivity index (χ1) is 10.9. The highest BCUT2D eigenvalue weighted by molar-refractivity contribution is 6.07. The number of rotatable bonds is 5. The van der Waals surface area contributed by atoms with Gasteiger partial charge in [0.2, 0.25) is 0 Å². The van der Waals surface area contributed by atoms with E-state index in [0.29, 0.717) is 0 Å². The molecule has 0 fully saturated rings. The first-order valence-corrected chi connectivity index (χ1v) is 6.74. The van der Waals surface area contributed by atoms with Crippen LogP contribution in [0.25, 0.3) is 0 Å². The fraction of sp³-hybridized carbons (Fsp3) is 0.188. The normalized spacial score (nSPS) is 10.7. The smallest absolute Gasteiger partial charge is 0.387 e. The van der Waals surface area contributed by atoms with Crippen LogP contribution < -0.4 is 9.64 Å². The van der Waals surface area contributed by atoms with E-state index in [2.05, 4.69) is 4.74 Å². The molecule has 2 aromatic carbocycles. The highest BCUT2D eigenvalue weighted by Gasteiger charge is 2.22. The van der Waals surface area contributed by atoms with E-state index >= 15 is 0 Å². The fourth-order valence-electron chi connectivity index (χ4n) is 2.08. The lowest BCUT2D eigenvalue weighted by Gasteiger charge is -2.22. The van der Waals surface area contributed by atoms with Gasteiger partial charge in [0.1, 0.15) is 5.75 Å². The topological polar surface area (TPSA) is 29.5 Å². The molecule has 23 heavy (non-hydrogen) atoms. The highest BCUT2D eigenvalue weighted by atomic mass is 19.3. The zero-order valence-corrected chi connectivity index (χ0v) is 12.1. The number of para-hydroxylation sites is 1. The molecule has 0 atom stereocenters. The molecule has 7 heteroatoms. The first kappa shape index (κ1) is 16.8. The Morgan fingerprint density at radius 1 is 1.13 bits per heavy atom. The van der Waals surface area contributed by atoms with Crippen LogP contribution in [0.3, 0.4) is 0 Å². The Morgan fingerprint density at radius 3 is 2.43 bits per heavy atom. The number of hydrogen-bond donors (Lipinski definition) is 0. The standard InChI is InChI=1S/C16H13F4NO2/c1-2-21(10-7-8-12(17)13(18)9-10)15(22)11-5-3-4-6-14(11)23-16(19)20/h3-9,16H,2H2,1H3. The van der Waals surface area contributed by atoms with Crippen LogP contribution in [0, 0.1) is 11.6 Å². The molecule has 0 aliphatic rings. The Hall–Kier alpha value is -2.57. The van der Waals surface area contributed by atoms with E-state index in [9.17, 15) is 22.4 Å². The van der Waals surface area contributed by atoms with Crippen LogP contribution in [0.15, 0.2) is 42.5 Å². The van der Waals surface area contributed by atoms with Crippen LogP contribution >= 0.6 is 0 Å². The summed E-state index contributed by atoms with van der Waals surface area (Å²) in [5.74, 6) is -3.09. The minimum absolute atomic E-state index is 0.0978. The van der Waals surface area contributed by atoms with Crippen molar-refractivity contribution in [1.29, 1.82) is 0 Å². The molecule has 2 rings (SSSR count). The summed E-state index contributed by atoms with van der Waals surface area (Å²) in [6.07, 6.45) is 0. The molecule has 0 aliphatic heterocycles. The van der Waals surface area contributed by atoms with Crippen LogP contribution in [0.5, 0.6) is 5.75 Å². The van der Waals surface area contributed by atoms with Gasteiger partial charge in [-0.05, 0) is 31.2 Å². The van der Waals surface area contributed by atoms with E-state index in [4.69, 9.17) is 0 Å². The van der Waals surface area contributed by atoms with Crippen molar-refractivity contribution in [2.45, 2.75) is 13.5 Å². The van der Waals surface area contributed by atoms with E-state index in [1.54, 1.807) is 6.92 Å². The second-order valence-electron chi connectivity index (χ2n) is 4.52. The van der Waals surface area contributed by atoms with Crippen molar-refractivity contribution in [3.05, 3.63) is 59.7 Å². The van der Waals surface area contributed by atoms with E-state index < -0.39 is 24.2 Å². The van der Waals surface area contributed by atoms with Gasteiger partial charge in [-0.2, -0.15) is 8.78 Å². The largest absolute Gasteiger partial charge is 0.434 e. The summed E-state index contributed by atoms with van der Waals surface area (Å²) in [6.45, 7) is -1.33. The van der Waals surface area contributed by atoms with Gasteiger partial charge in [0.05, 0.1) is 5.56 Å². The molecule has 2 aromatic rings. The monoisotopic (exact) mass is 327 g/mol. The summed E-state index contributed by atoms with van der Waals surface area (Å²) in [4.78, 5) is 13.7. The number of carbonyl (C=O) groups excluding carboxylic acids is 1. The fourth-order valence-corrected chi connectivity index (χ4v) is 2.08. The predicted octanol–water partition coefficient (Wildman–Crippen LogP) is 4.23. The summed E-state index contributed by atoms with van der Waals surface area (Å²) in [7, 11) is 0. The quantitative estimate of drug-likeness (QED) is 0.769. The summed E-state index contributed by atoms with van der Waals surface area (Å²) in [5.41, 5.74) is 0.0163. The number of benzene rings is 2. The maximum absolute atomic E-state index is 13.4. The molecular formula is C16H13F4NO2. The van der Waals surface area contributed by atoms with Crippen molar-refractivity contribution in [2.75, 3.05) is 11.4 Å². The zero-order valence-electron chi connectivity index (χ0n) is 12.1. The average molecular weight is 327 g/mol. The Bertz CT molecular complexity index is 706. The van der Waals surface area contributed by atoms with Crippen molar-refractivity contribution >= 4 is 11.6 Å². The first-order valence-electron chi connectivity index (χ1n) is 6.74. The molecule has 0 heterocycles. The van der Waals surface area contributed by atoms with Crippen LogP contribution in [0.2, 0.25) is 0 Å². The Balaban J connectivity index is 2.39. The number of carbonyl (C=O) groups is 1. The zero-order chi connectivity index (χ0) is 17.0. The minimum atomic E-state index is -3.08. The van der Waals surface area contributed by atoms with E-state index in [1.165, 1.54) is 30.3 Å². The molecule has 0 radical (unpaired) electrons. The number of anilines is 1. The molecule has 0 saturated carbocycles. The van der Waals surface area contributed by atoms with Gasteiger partial charge in [-0.3, -0.25) is 4.79 Å². The summed E-state index contributed by atoms with van der Waals surface area (Å²) < 4.78 is 55.6. The van der Waals surface area contributed by atoms with E-state index in [-0.39, 0.29) is 23.5 Å². The van der Waals surface area contributed by atoms with Crippen molar-refractivity contribution in [3.63, 3.8) is 0 Å². The molecule has 0 spiro atoms. The Labute approximate surface area is 130 Å². The third-order valence-electron chi connectivity index (χ3n) is 3.11. The lowest BCUT2D eigenvalue weighted by atomic mass is 10.1. The Morgan fingerprint density at radius 2 is 1.83 bits per heavy atom. The van der Waals surface area contributed by atoms with Crippen molar-refractivity contribution in [2.24, 2.45) is 0 Å². The SMILES string of the molecule is CCN(C(=O)c1ccccc1OC(F)F)c1ccc(F)c(F)c1. The molecule has 122 valence electrons. The highest BCUT2D eigenvalue weighted by Crippen LogP contribution is 2.25. The maximum Gasteiger partial charge on any atom is 0.387 e. The third-order valence-corrected chi connectivity index (χ3v) is 3.11. The van der Waals surface area contributed by atoms with Gasteiger partial charge in [-0.15, -0.1) is 0 Å². The average Bonchev–Trinajstić information content (AvgIpc) is 2.51. The number of amides is 1.